The van der Waals surface area contributed by atoms with E-state index in [1.54, 1.807) is 6.07 Å². The summed E-state index contributed by atoms with van der Waals surface area (Å²) in [6.07, 6.45) is 3.55. The van der Waals surface area contributed by atoms with Crippen molar-refractivity contribution in [3.05, 3.63) is 23.9 Å². The summed E-state index contributed by atoms with van der Waals surface area (Å²) in [4.78, 5) is 21.3. The summed E-state index contributed by atoms with van der Waals surface area (Å²) in [5.74, 6) is -1.29. The van der Waals surface area contributed by atoms with E-state index in [1.165, 1.54) is 0 Å². The lowest BCUT2D eigenvalue weighted by Gasteiger charge is -1.94. The predicted octanol–water partition coefficient (Wildman–Crippen LogP) is 0.941. The van der Waals surface area contributed by atoms with E-state index in [0.29, 0.717) is 5.82 Å². The average Bonchev–Trinajstić information content (AvgIpc) is 2.63. The number of amides is 1. The third-order valence-electron chi connectivity index (χ3n) is 1.78. The molecular weight excluding hydrogens is 210 g/mol. The van der Waals surface area contributed by atoms with Gasteiger partial charge in [-0.05, 0) is 6.42 Å². The molecule has 1 amide bonds. The summed E-state index contributed by atoms with van der Waals surface area (Å²) in [5, 5.41) is 17.4. The molecular formula is C10H13N3O3. The van der Waals surface area contributed by atoms with Crippen molar-refractivity contribution in [3.63, 3.8) is 0 Å². The Balaban J connectivity index is 2.52. The molecule has 0 fully saturated rings. The van der Waals surface area contributed by atoms with Crippen LogP contribution in [0.3, 0.4) is 0 Å². The fraction of sp³-hybridized carbons (Fsp3) is 0.300. The minimum atomic E-state index is -1.16. The molecule has 3 N–H and O–H groups in total. The number of nitrogens with one attached hydrogen (secondary N) is 2. The first-order valence-electron chi connectivity index (χ1n) is 4.88. The normalized spacial score (nSPS) is 10.6. The number of hydrogen-bond donors (Lipinski definition) is 3. The second kappa shape index (κ2) is 5.69. The zero-order chi connectivity index (χ0) is 12.0. The lowest BCUT2D eigenvalue weighted by Crippen LogP contribution is -2.08. The minimum Gasteiger partial charge on any atom is -0.478 e. The van der Waals surface area contributed by atoms with Crippen LogP contribution in [0.1, 0.15) is 19.0 Å². The van der Waals surface area contributed by atoms with Gasteiger partial charge >= 0.3 is 5.97 Å². The highest BCUT2D eigenvalue weighted by Gasteiger charge is 2.03. The molecule has 0 spiro atoms. The van der Waals surface area contributed by atoms with E-state index in [1.807, 2.05) is 6.92 Å². The molecule has 0 radical (unpaired) electrons. The summed E-state index contributed by atoms with van der Waals surface area (Å²) < 4.78 is 0. The van der Waals surface area contributed by atoms with Crippen molar-refractivity contribution in [2.75, 3.05) is 5.32 Å². The Morgan fingerprint density at radius 1 is 1.56 bits per heavy atom. The highest BCUT2D eigenvalue weighted by atomic mass is 16.4. The number of hydrogen-bond acceptors (Lipinski definition) is 3. The molecule has 0 unspecified atom stereocenters. The van der Waals surface area contributed by atoms with E-state index in [4.69, 9.17) is 5.11 Å². The van der Waals surface area contributed by atoms with Crippen LogP contribution in [-0.4, -0.2) is 27.2 Å². The number of H-pyrrole nitrogens is 1. The fourth-order valence-electron chi connectivity index (χ4n) is 1.14. The van der Waals surface area contributed by atoms with Gasteiger partial charge in [0.15, 0.2) is 5.82 Å². The summed E-state index contributed by atoms with van der Waals surface area (Å²) in [5.41, 5.74) is 0.931. The summed E-state index contributed by atoms with van der Waals surface area (Å²) in [7, 11) is 0. The standard InChI is InChI=1S/C10H13N3O3/c1-2-3-7-6-8(13-12-7)11-9(14)4-5-10(15)16/h4-6H,2-3H2,1H3,(H,15,16)(H2,11,12,13,14)/b5-4+. The SMILES string of the molecule is CCCc1cc(NC(=O)/C=C/C(=O)O)n[nH]1. The van der Waals surface area contributed by atoms with Gasteiger partial charge in [-0.1, -0.05) is 13.3 Å². The Kier molecular flexibility index (Phi) is 4.26. The van der Waals surface area contributed by atoms with Crippen LogP contribution >= 0.6 is 0 Å². The molecule has 0 atom stereocenters. The van der Waals surface area contributed by atoms with Gasteiger partial charge in [-0.15, -0.1) is 0 Å². The number of aryl methyl sites for hydroxylation is 1. The highest BCUT2D eigenvalue weighted by molar-refractivity contribution is 6.01. The Hall–Kier alpha value is -2.11. The lowest BCUT2D eigenvalue weighted by molar-refractivity contribution is -0.131. The highest BCUT2D eigenvalue weighted by Crippen LogP contribution is 2.06. The number of carbonyl (C=O) groups is 2. The topological polar surface area (TPSA) is 95.1 Å². The van der Waals surface area contributed by atoms with Gasteiger partial charge in [-0.3, -0.25) is 9.89 Å². The largest absolute Gasteiger partial charge is 0.478 e. The van der Waals surface area contributed by atoms with Crippen molar-refractivity contribution in [2.45, 2.75) is 19.8 Å². The summed E-state index contributed by atoms with van der Waals surface area (Å²) in [6, 6.07) is 1.72. The Labute approximate surface area is 92.4 Å². The minimum absolute atomic E-state index is 0.392. The molecule has 6 nitrogen and oxygen atoms in total. The van der Waals surface area contributed by atoms with E-state index in [2.05, 4.69) is 15.5 Å². The Bertz CT molecular complexity index is 409. The first kappa shape index (κ1) is 12.0. The molecule has 0 saturated heterocycles. The quantitative estimate of drug-likeness (QED) is 0.647. The molecule has 0 aliphatic heterocycles. The maximum atomic E-state index is 11.2. The van der Waals surface area contributed by atoms with Crippen molar-refractivity contribution >= 4 is 17.7 Å². The fourth-order valence-corrected chi connectivity index (χ4v) is 1.14. The smallest absolute Gasteiger partial charge is 0.328 e. The molecule has 6 heteroatoms. The van der Waals surface area contributed by atoms with E-state index in [9.17, 15) is 9.59 Å². The number of rotatable bonds is 5. The second-order valence-corrected chi connectivity index (χ2v) is 3.19. The maximum absolute atomic E-state index is 11.2. The number of carbonyl (C=O) groups excluding carboxylic acids is 1. The Morgan fingerprint density at radius 3 is 2.94 bits per heavy atom. The van der Waals surface area contributed by atoms with Crippen molar-refractivity contribution in [1.82, 2.24) is 10.2 Å². The van der Waals surface area contributed by atoms with Gasteiger partial charge in [0, 0.05) is 23.9 Å². The third-order valence-corrected chi connectivity index (χ3v) is 1.78. The van der Waals surface area contributed by atoms with Crippen molar-refractivity contribution < 1.29 is 14.7 Å². The first-order chi connectivity index (χ1) is 7.61. The zero-order valence-electron chi connectivity index (χ0n) is 8.86. The number of carboxylic acids is 1. The molecule has 0 saturated carbocycles. The summed E-state index contributed by atoms with van der Waals surface area (Å²) >= 11 is 0. The van der Waals surface area contributed by atoms with Gasteiger partial charge in [0.25, 0.3) is 0 Å². The molecule has 16 heavy (non-hydrogen) atoms. The molecule has 1 aromatic rings. The molecule has 86 valence electrons. The van der Waals surface area contributed by atoms with Gasteiger partial charge in [0.1, 0.15) is 0 Å². The lowest BCUT2D eigenvalue weighted by atomic mass is 10.2. The molecule has 1 rings (SSSR count). The van der Waals surface area contributed by atoms with Crippen LogP contribution in [0.25, 0.3) is 0 Å². The number of carboxylic acid groups (broad SMARTS) is 1. The predicted molar refractivity (Wildman–Crippen MR) is 58.0 cm³/mol. The maximum Gasteiger partial charge on any atom is 0.328 e. The average molecular weight is 223 g/mol. The Morgan fingerprint density at radius 2 is 2.31 bits per heavy atom. The van der Waals surface area contributed by atoms with Crippen molar-refractivity contribution in [1.29, 1.82) is 0 Å². The van der Waals surface area contributed by atoms with E-state index in [-0.39, 0.29) is 0 Å². The van der Waals surface area contributed by atoms with Gasteiger partial charge in [-0.25, -0.2) is 4.79 Å². The van der Waals surface area contributed by atoms with Gasteiger partial charge < -0.3 is 10.4 Å². The van der Waals surface area contributed by atoms with Crippen molar-refractivity contribution in [2.24, 2.45) is 0 Å². The number of aromatic nitrogens is 2. The van der Waals surface area contributed by atoms with E-state index in [0.717, 1.165) is 30.7 Å². The first-order valence-corrected chi connectivity index (χ1v) is 4.88. The molecule has 0 aliphatic rings. The summed E-state index contributed by atoms with van der Waals surface area (Å²) in [6.45, 7) is 2.04. The second-order valence-electron chi connectivity index (χ2n) is 3.19. The number of aromatic amines is 1. The molecule has 1 aromatic heterocycles. The van der Waals surface area contributed by atoms with Crippen LogP contribution in [0, 0.1) is 0 Å². The number of nitrogens with zero attached hydrogens (tertiary/aromatic N) is 1. The molecule has 0 aliphatic carbocycles. The molecule has 0 bridgehead atoms. The third kappa shape index (κ3) is 3.95. The van der Waals surface area contributed by atoms with Gasteiger partial charge in [-0.2, -0.15) is 5.10 Å². The van der Waals surface area contributed by atoms with Crippen LogP contribution < -0.4 is 5.32 Å². The van der Waals surface area contributed by atoms with Gasteiger partial charge in [0.05, 0.1) is 0 Å². The van der Waals surface area contributed by atoms with Crippen LogP contribution in [-0.2, 0) is 16.0 Å². The number of anilines is 1. The van der Waals surface area contributed by atoms with E-state index < -0.39 is 11.9 Å². The van der Waals surface area contributed by atoms with Crippen LogP contribution in [0.2, 0.25) is 0 Å². The number of aliphatic carboxylic acids is 1. The molecule has 1 heterocycles. The van der Waals surface area contributed by atoms with Crippen LogP contribution in [0.4, 0.5) is 5.82 Å². The monoisotopic (exact) mass is 223 g/mol. The van der Waals surface area contributed by atoms with Crippen LogP contribution in [0.15, 0.2) is 18.2 Å². The van der Waals surface area contributed by atoms with Crippen LogP contribution in [0.5, 0.6) is 0 Å². The van der Waals surface area contributed by atoms with Crippen molar-refractivity contribution in [3.8, 4) is 0 Å². The van der Waals surface area contributed by atoms with Gasteiger partial charge in [0.2, 0.25) is 5.91 Å². The molecule has 0 aromatic carbocycles. The zero-order valence-corrected chi connectivity index (χ0v) is 8.86. The van der Waals surface area contributed by atoms with E-state index >= 15 is 0 Å².